The summed E-state index contributed by atoms with van der Waals surface area (Å²) in [6.07, 6.45) is 15.2. The fourth-order valence-corrected chi connectivity index (χ4v) is 6.01. The second-order valence-corrected chi connectivity index (χ2v) is 10.2. The standard InChI is InChI=1S/C29H48O3/c1-5-8-9-10-11-13-18-26(21-23(4)24-19-20-27-28(22-24)32-27)29(30-6-2,31-7-3)25-16-14-12-15-17-25/h12,14-17,23-24,26-28H,5-11,13,18-22H2,1-4H3. The molecule has 0 spiro atoms. The lowest BCUT2D eigenvalue weighted by Crippen LogP contribution is -2.42. The van der Waals surface area contributed by atoms with Gasteiger partial charge >= 0.3 is 0 Å². The van der Waals surface area contributed by atoms with Gasteiger partial charge in [-0.1, -0.05) is 82.7 Å². The molecule has 0 amide bonds. The van der Waals surface area contributed by atoms with E-state index in [0.717, 1.165) is 12.3 Å². The Morgan fingerprint density at radius 3 is 2.25 bits per heavy atom. The molecule has 0 aromatic heterocycles. The van der Waals surface area contributed by atoms with E-state index < -0.39 is 5.79 Å². The molecule has 1 heterocycles. The van der Waals surface area contributed by atoms with Crippen molar-refractivity contribution < 1.29 is 14.2 Å². The van der Waals surface area contributed by atoms with Gasteiger partial charge in [-0.2, -0.15) is 0 Å². The maximum atomic E-state index is 6.58. The van der Waals surface area contributed by atoms with E-state index in [1.807, 2.05) is 0 Å². The van der Waals surface area contributed by atoms with Gasteiger partial charge in [-0.25, -0.2) is 0 Å². The van der Waals surface area contributed by atoms with Gasteiger partial charge in [0, 0.05) is 24.7 Å². The molecule has 1 aromatic carbocycles. The summed E-state index contributed by atoms with van der Waals surface area (Å²) in [6.45, 7) is 10.3. The van der Waals surface area contributed by atoms with Crippen molar-refractivity contribution in [3.05, 3.63) is 35.9 Å². The molecule has 0 N–H and O–H groups in total. The molecular formula is C29H48O3. The van der Waals surface area contributed by atoms with Gasteiger partial charge in [0.1, 0.15) is 0 Å². The summed E-state index contributed by atoms with van der Waals surface area (Å²) in [5.74, 6) is 1.15. The molecule has 182 valence electrons. The Morgan fingerprint density at radius 1 is 0.906 bits per heavy atom. The highest BCUT2D eigenvalue weighted by Gasteiger charge is 2.47. The maximum Gasteiger partial charge on any atom is 0.197 e. The van der Waals surface area contributed by atoms with Crippen LogP contribution in [0.15, 0.2) is 30.3 Å². The highest BCUT2D eigenvalue weighted by atomic mass is 16.7. The van der Waals surface area contributed by atoms with Crippen LogP contribution in [0.1, 0.15) is 104 Å². The normalized spacial score (nSPS) is 24.7. The third-order valence-corrected chi connectivity index (χ3v) is 7.84. The highest BCUT2D eigenvalue weighted by Crippen LogP contribution is 2.47. The summed E-state index contributed by atoms with van der Waals surface area (Å²) < 4.78 is 19.0. The van der Waals surface area contributed by atoms with Crippen LogP contribution in [-0.4, -0.2) is 25.4 Å². The average Bonchev–Trinajstić information content (AvgIpc) is 3.60. The molecule has 2 fully saturated rings. The first kappa shape index (κ1) is 25.7. The highest BCUT2D eigenvalue weighted by molar-refractivity contribution is 5.21. The molecule has 1 aliphatic heterocycles. The SMILES string of the molecule is CCCCCCCCC(CC(C)C1CCC2OC2C1)C(OCC)(OCC)c1ccccc1. The second-order valence-electron chi connectivity index (χ2n) is 10.2. The Kier molecular flexibility index (Phi) is 10.5. The van der Waals surface area contributed by atoms with Crippen molar-refractivity contribution in [2.45, 2.75) is 116 Å². The molecule has 0 radical (unpaired) electrons. The van der Waals surface area contributed by atoms with Gasteiger partial charge in [-0.3, -0.25) is 0 Å². The van der Waals surface area contributed by atoms with E-state index in [9.17, 15) is 0 Å². The maximum absolute atomic E-state index is 6.58. The van der Waals surface area contributed by atoms with Crippen LogP contribution in [0.5, 0.6) is 0 Å². The van der Waals surface area contributed by atoms with Crippen molar-refractivity contribution in [2.24, 2.45) is 17.8 Å². The topological polar surface area (TPSA) is 31.0 Å². The largest absolute Gasteiger partial charge is 0.370 e. The number of benzene rings is 1. The number of hydrogen-bond acceptors (Lipinski definition) is 3. The van der Waals surface area contributed by atoms with Crippen LogP contribution in [0, 0.1) is 17.8 Å². The molecule has 3 rings (SSSR count). The molecule has 1 saturated carbocycles. The first-order valence-electron chi connectivity index (χ1n) is 13.6. The van der Waals surface area contributed by atoms with Crippen molar-refractivity contribution in [2.75, 3.05) is 13.2 Å². The van der Waals surface area contributed by atoms with E-state index in [1.54, 1.807) is 0 Å². The van der Waals surface area contributed by atoms with Gasteiger partial charge in [0.25, 0.3) is 0 Å². The Labute approximate surface area is 197 Å². The van der Waals surface area contributed by atoms with E-state index in [-0.39, 0.29) is 0 Å². The summed E-state index contributed by atoms with van der Waals surface area (Å²) in [4.78, 5) is 0. The van der Waals surface area contributed by atoms with Gasteiger partial charge in [-0.15, -0.1) is 0 Å². The quantitative estimate of drug-likeness (QED) is 0.148. The number of rotatable bonds is 16. The fourth-order valence-electron chi connectivity index (χ4n) is 6.01. The first-order chi connectivity index (χ1) is 15.6. The molecule has 1 saturated heterocycles. The van der Waals surface area contributed by atoms with Gasteiger partial charge in [0.15, 0.2) is 5.79 Å². The Hall–Kier alpha value is -0.900. The van der Waals surface area contributed by atoms with Gasteiger partial charge in [0.2, 0.25) is 0 Å². The van der Waals surface area contributed by atoms with E-state index >= 15 is 0 Å². The van der Waals surface area contributed by atoms with Crippen LogP contribution in [0.25, 0.3) is 0 Å². The van der Waals surface area contributed by atoms with Crippen molar-refractivity contribution in [3.8, 4) is 0 Å². The number of ether oxygens (including phenoxy) is 3. The van der Waals surface area contributed by atoms with Crippen LogP contribution in [0.2, 0.25) is 0 Å². The number of fused-ring (bicyclic) bond motifs is 1. The number of epoxide rings is 1. The van der Waals surface area contributed by atoms with E-state index in [0.29, 0.717) is 37.3 Å². The summed E-state index contributed by atoms with van der Waals surface area (Å²) in [5.41, 5.74) is 1.18. The summed E-state index contributed by atoms with van der Waals surface area (Å²) in [7, 11) is 0. The van der Waals surface area contributed by atoms with Crippen LogP contribution < -0.4 is 0 Å². The van der Waals surface area contributed by atoms with Crippen molar-refractivity contribution in [1.29, 1.82) is 0 Å². The predicted molar refractivity (Wildman–Crippen MR) is 133 cm³/mol. The summed E-state index contributed by atoms with van der Waals surface area (Å²) >= 11 is 0. The smallest absolute Gasteiger partial charge is 0.197 e. The third kappa shape index (κ3) is 6.81. The lowest BCUT2D eigenvalue weighted by atomic mass is 9.73. The molecule has 0 bridgehead atoms. The molecule has 3 nitrogen and oxygen atoms in total. The van der Waals surface area contributed by atoms with Gasteiger partial charge < -0.3 is 14.2 Å². The van der Waals surface area contributed by atoms with Crippen LogP contribution in [0.3, 0.4) is 0 Å². The van der Waals surface area contributed by atoms with Crippen molar-refractivity contribution >= 4 is 0 Å². The minimum Gasteiger partial charge on any atom is -0.370 e. The van der Waals surface area contributed by atoms with Gasteiger partial charge in [-0.05, 0) is 57.8 Å². The van der Waals surface area contributed by atoms with Crippen LogP contribution >= 0.6 is 0 Å². The lowest BCUT2D eigenvalue weighted by molar-refractivity contribution is -0.279. The summed E-state index contributed by atoms with van der Waals surface area (Å²) in [5, 5.41) is 0. The van der Waals surface area contributed by atoms with Crippen LogP contribution in [-0.2, 0) is 20.0 Å². The Bertz CT molecular complexity index is 625. The zero-order valence-corrected chi connectivity index (χ0v) is 21.2. The zero-order valence-electron chi connectivity index (χ0n) is 21.2. The molecule has 5 atom stereocenters. The minimum atomic E-state index is -0.643. The van der Waals surface area contributed by atoms with Gasteiger partial charge in [0.05, 0.1) is 12.2 Å². The van der Waals surface area contributed by atoms with E-state index in [4.69, 9.17) is 14.2 Å². The third-order valence-electron chi connectivity index (χ3n) is 7.84. The minimum absolute atomic E-state index is 0.365. The molecule has 1 aromatic rings. The average molecular weight is 445 g/mol. The Balaban J connectivity index is 1.76. The summed E-state index contributed by atoms with van der Waals surface area (Å²) in [6, 6.07) is 10.7. The molecule has 3 heteroatoms. The van der Waals surface area contributed by atoms with Crippen LogP contribution in [0.4, 0.5) is 0 Å². The molecule has 2 aliphatic rings. The van der Waals surface area contributed by atoms with Crippen molar-refractivity contribution in [3.63, 3.8) is 0 Å². The number of unbranched alkanes of at least 4 members (excludes halogenated alkanes) is 5. The first-order valence-corrected chi connectivity index (χ1v) is 13.6. The molecular weight excluding hydrogens is 396 g/mol. The molecule has 5 unspecified atom stereocenters. The zero-order chi connectivity index (χ0) is 22.8. The van der Waals surface area contributed by atoms with E-state index in [1.165, 1.54) is 69.8 Å². The lowest BCUT2D eigenvalue weighted by Gasteiger charge is -2.42. The van der Waals surface area contributed by atoms with E-state index in [2.05, 4.69) is 58.0 Å². The Morgan fingerprint density at radius 2 is 1.59 bits per heavy atom. The number of hydrogen-bond donors (Lipinski definition) is 0. The fraction of sp³-hybridized carbons (Fsp3) is 0.793. The predicted octanol–water partition coefficient (Wildman–Crippen LogP) is 7.87. The molecule has 32 heavy (non-hydrogen) atoms. The monoisotopic (exact) mass is 444 g/mol. The molecule has 1 aliphatic carbocycles. The second kappa shape index (κ2) is 13.1. The van der Waals surface area contributed by atoms with Crippen molar-refractivity contribution in [1.82, 2.24) is 0 Å².